The first-order valence-corrected chi connectivity index (χ1v) is 13.0. The van der Waals surface area contributed by atoms with E-state index in [-0.39, 0.29) is 17.3 Å². The molecule has 0 fully saturated rings. The Hall–Kier alpha value is -2.71. The van der Waals surface area contributed by atoms with Gasteiger partial charge in [-0.05, 0) is 67.5 Å². The number of thioether (sulfide) groups is 1. The first-order valence-electron chi connectivity index (χ1n) is 10.4. The van der Waals surface area contributed by atoms with Crippen molar-refractivity contribution in [2.75, 3.05) is 23.1 Å². The maximum Gasteiger partial charge on any atom is 0.264 e. The van der Waals surface area contributed by atoms with Crippen LogP contribution in [0.3, 0.4) is 0 Å². The number of carbonyl (C=O) groups excluding carboxylic acids is 1. The highest BCUT2D eigenvalue weighted by atomic mass is 32.2. The maximum absolute atomic E-state index is 13.4. The Kier molecular flexibility index (Phi) is 8.41. The molecule has 0 spiro atoms. The summed E-state index contributed by atoms with van der Waals surface area (Å²) in [7, 11) is -3.89. The Labute approximate surface area is 194 Å². The lowest BCUT2D eigenvalue weighted by Crippen LogP contribution is -2.41. The Bertz CT molecular complexity index is 1110. The number of hydrogen-bond donors (Lipinski definition) is 1. The summed E-state index contributed by atoms with van der Waals surface area (Å²) in [6, 6.07) is 17.5. The first-order chi connectivity index (χ1) is 15.4. The van der Waals surface area contributed by atoms with E-state index >= 15 is 0 Å². The van der Waals surface area contributed by atoms with Crippen LogP contribution < -0.4 is 9.62 Å². The normalized spacial score (nSPS) is 11.3. The number of nitrogens with one attached hydrogen (secondary N) is 1. The van der Waals surface area contributed by atoms with Gasteiger partial charge in [0.25, 0.3) is 10.0 Å². The molecular formula is C24H28N2O4S2. The molecule has 2 aromatic carbocycles. The maximum atomic E-state index is 13.4. The third-order valence-corrected chi connectivity index (χ3v) is 7.92. The number of rotatable bonds is 11. The number of anilines is 1. The number of aryl methyl sites for hydroxylation is 1. The minimum atomic E-state index is -3.89. The SMILES string of the molecule is Cc1cccc(N(CC(=O)NCCCSCc2ccco2)S(=O)(=O)c2ccccc2)c1C. The number of hydrogen-bond acceptors (Lipinski definition) is 5. The fourth-order valence-electron chi connectivity index (χ4n) is 3.18. The predicted molar refractivity (Wildman–Crippen MR) is 129 cm³/mol. The molecule has 0 aliphatic rings. The van der Waals surface area contributed by atoms with Crippen LogP contribution in [0.2, 0.25) is 0 Å². The summed E-state index contributed by atoms with van der Waals surface area (Å²) in [5.41, 5.74) is 2.30. The summed E-state index contributed by atoms with van der Waals surface area (Å²) >= 11 is 1.73. The summed E-state index contributed by atoms with van der Waals surface area (Å²) < 4.78 is 33.3. The van der Waals surface area contributed by atoms with Gasteiger partial charge in [0.15, 0.2) is 0 Å². The molecule has 6 nitrogen and oxygen atoms in total. The second kappa shape index (κ2) is 11.2. The van der Waals surface area contributed by atoms with E-state index in [1.54, 1.807) is 60.5 Å². The van der Waals surface area contributed by atoms with E-state index in [0.29, 0.717) is 12.2 Å². The Balaban J connectivity index is 1.65. The minimum absolute atomic E-state index is 0.156. The van der Waals surface area contributed by atoms with E-state index in [4.69, 9.17) is 4.42 Å². The van der Waals surface area contributed by atoms with Crippen molar-refractivity contribution in [2.24, 2.45) is 0 Å². The molecule has 1 N–H and O–H groups in total. The molecule has 170 valence electrons. The molecule has 0 saturated carbocycles. The van der Waals surface area contributed by atoms with Crippen molar-refractivity contribution in [1.29, 1.82) is 0 Å². The fraction of sp³-hybridized carbons (Fsp3) is 0.292. The second-order valence-corrected chi connectivity index (χ2v) is 10.3. The molecule has 3 rings (SSSR count). The van der Waals surface area contributed by atoms with E-state index < -0.39 is 10.0 Å². The lowest BCUT2D eigenvalue weighted by molar-refractivity contribution is -0.119. The van der Waals surface area contributed by atoms with Crippen molar-refractivity contribution >= 4 is 33.4 Å². The Morgan fingerprint density at radius 3 is 2.53 bits per heavy atom. The molecule has 0 aliphatic heterocycles. The molecule has 0 bridgehead atoms. The molecule has 0 aliphatic carbocycles. The van der Waals surface area contributed by atoms with E-state index in [2.05, 4.69) is 5.32 Å². The van der Waals surface area contributed by atoms with Gasteiger partial charge in [0.05, 0.1) is 22.6 Å². The molecule has 1 heterocycles. The lowest BCUT2D eigenvalue weighted by atomic mass is 10.1. The van der Waals surface area contributed by atoms with Gasteiger partial charge in [-0.2, -0.15) is 11.8 Å². The van der Waals surface area contributed by atoms with E-state index in [1.165, 1.54) is 4.31 Å². The highest BCUT2D eigenvalue weighted by molar-refractivity contribution is 7.98. The number of carbonyl (C=O) groups is 1. The molecule has 3 aromatic rings. The zero-order valence-electron chi connectivity index (χ0n) is 18.3. The minimum Gasteiger partial charge on any atom is -0.468 e. The zero-order chi connectivity index (χ0) is 23.0. The van der Waals surface area contributed by atoms with Crippen LogP contribution in [-0.2, 0) is 20.6 Å². The third-order valence-electron chi connectivity index (χ3n) is 5.08. The number of sulfonamides is 1. The van der Waals surface area contributed by atoms with E-state index in [9.17, 15) is 13.2 Å². The quantitative estimate of drug-likeness (QED) is 0.415. The van der Waals surface area contributed by atoms with Gasteiger partial charge in [-0.25, -0.2) is 8.42 Å². The number of benzene rings is 2. The van der Waals surface area contributed by atoms with Gasteiger partial charge in [-0.1, -0.05) is 30.3 Å². The van der Waals surface area contributed by atoms with Crippen LogP contribution in [0.15, 0.2) is 76.2 Å². The van der Waals surface area contributed by atoms with E-state index in [0.717, 1.165) is 34.8 Å². The molecule has 8 heteroatoms. The molecule has 0 atom stereocenters. The summed E-state index contributed by atoms with van der Waals surface area (Å²) in [6.45, 7) is 4.00. The molecule has 32 heavy (non-hydrogen) atoms. The van der Waals surface area contributed by atoms with Crippen LogP contribution in [0.25, 0.3) is 0 Å². The largest absolute Gasteiger partial charge is 0.468 e. The average molecular weight is 473 g/mol. The first kappa shape index (κ1) is 23.9. The van der Waals surface area contributed by atoms with Crippen molar-refractivity contribution < 1.29 is 17.6 Å². The molecule has 0 unspecified atom stereocenters. The van der Waals surface area contributed by atoms with Gasteiger partial charge in [-0.3, -0.25) is 9.10 Å². The van der Waals surface area contributed by atoms with Gasteiger partial charge in [0.1, 0.15) is 12.3 Å². The summed E-state index contributed by atoms with van der Waals surface area (Å²) in [6.07, 6.45) is 2.44. The standard InChI is InChI=1S/C24H28N2O4S2/c1-19-9-6-13-23(20(19)2)26(32(28,29)22-11-4-3-5-12-22)17-24(27)25-14-8-16-31-18-21-10-7-15-30-21/h3-7,9-13,15H,8,14,16-18H2,1-2H3,(H,25,27). The summed E-state index contributed by atoms with van der Waals surface area (Å²) in [5.74, 6) is 2.25. The zero-order valence-corrected chi connectivity index (χ0v) is 19.9. The van der Waals surface area contributed by atoms with Gasteiger partial charge in [-0.15, -0.1) is 0 Å². The third kappa shape index (κ3) is 6.17. The summed E-state index contributed by atoms with van der Waals surface area (Å²) in [4.78, 5) is 12.8. The van der Waals surface area contributed by atoms with Crippen molar-refractivity contribution in [3.63, 3.8) is 0 Å². The molecular weight excluding hydrogens is 444 g/mol. The van der Waals surface area contributed by atoms with Crippen LogP contribution in [0, 0.1) is 13.8 Å². The topological polar surface area (TPSA) is 79.6 Å². The Morgan fingerprint density at radius 1 is 1.03 bits per heavy atom. The second-order valence-electron chi connectivity index (χ2n) is 7.38. The molecule has 0 saturated heterocycles. The smallest absolute Gasteiger partial charge is 0.264 e. The van der Waals surface area contributed by atoms with Crippen LogP contribution in [0.5, 0.6) is 0 Å². The van der Waals surface area contributed by atoms with Crippen molar-refractivity contribution in [2.45, 2.75) is 30.9 Å². The number of nitrogens with zero attached hydrogens (tertiary/aromatic N) is 1. The van der Waals surface area contributed by atoms with Crippen LogP contribution in [0.4, 0.5) is 5.69 Å². The highest BCUT2D eigenvalue weighted by Crippen LogP contribution is 2.28. The lowest BCUT2D eigenvalue weighted by Gasteiger charge is -2.26. The van der Waals surface area contributed by atoms with E-state index in [1.807, 2.05) is 32.0 Å². The monoisotopic (exact) mass is 472 g/mol. The van der Waals surface area contributed by atoms with Gasteiger partial charge in [0.2, 0.25) is 5.91 Å². The van der Waals surface area contributed by atoms with Crippen LogP contribution in [-0.4, -0.2) is 33.2 Å². The predicted octanol–water partition coefficient (Wildman–Crippen LogP) is 4.53. The van der Waals surface area contributed by atoms with Gasteiger partial charge in [0, 0.05) is 6.54 Å². The molecule has 0 radical (unpaired) electrons. The van der Waals surface area contributed by atoms with Crippen LogP contribution in [0.1, 0.15) is 23.3 Å². The Morgan fingerprint density at radius 2 is 1.81 bits per heavy atom. The fourth-order valence-corrected chi connectivity index (χ4v) is 5.54. The number of furan rings is 1. The van der Waals surface area contributed by atoms with Crippen molar-refractivity contribution in [3.05, 3.63) is 83.8 Å². The van der Waals surface area contributed by atoms with Crippen LogP contribution >= 0.6 is 11.8 Å². The summed E-state index contributed by atoms with van der Waals surface area (Å²) in [5, 5.41) is 2.85. The van der Waals surface area contributed by atoms with Gasteiger partial charge >= 0.3 is 0 Å². The van der Waals surface area contributed by atoms with Crippen molar-refractivity contribution in [3.8, 4) is 0 Å². The molecule has 1 aromatic heterocycles. The van der Waals surface area contributed by atoms with Gasteiger partial charge < -0.3 is 9.73 Å². The molecule has 1 amide bonds. The average Bonchev–Trinajstić information content (AvgIpc) is 3.31. The van der Waals surface area contributed by atoms with Crippen molar-refractivity contribution in [1.82, 2.24) is 5.32 Å². The highest BCUT2D eigenvalue weighted by Gasteiger charge is 2.28. The number of amides is 1.